The number of halogens is 1. The largest absolute Gasteiger partial charge is 0.465 e. The van der Waals surface area contributed by atoms with Gasteiger partial charge in [0.05, 0.1) is 17.3 Å². The average molecular weight is 439 g/mol. The topological polar surface area (TPSA) is 119 Å². The van der Waals surface area contributed by atoms with Crippen molar-refractivity contribution in [2.75, 3.05) is 23.7 Å². The van der Waals surface area contributed by atoms with Crippen molar-refractivity contribution in [3.05, 3.63) is 35.6 Å². The summed E-state index contributed by atoms with van der Waals surface area (Å²) in [5.41, 5.74) is 6.88. The van der Waals surface area contributed by atoms with Crippen LogP contribution in [0.3, 0.4) is 0 Å². The second-order valence-corrected chi connectivity index (χ2v) is 8.50. The lowest BCUT2D eigenvalue weighted by molar-refractivity contribution is 0.0780. The minimum absolute atomic E-state index is 0.0358. The van der Waals surface area contributed by atoms with E-state index < -0.39 is 11.9 Å². The Morgan fingerprint density at radius 2 is 1.91 bits per heavy atom. The first-order valence-electron chi connectivity index (χ1n) is 11.1. The molecule has 168 valence electrons. The molecule has 4 rings (SSSR count). The Bertz CT molecular complexity index is 1030. The fourth-order valence-electron chi connectivity index (χ4n) is 4.89. The van der Waals surface area contributed by atoms with E-state index in [0.717, 1.165) is 45.1 Å². The van der Waals surface area contributed by atoms with Gasteiger partial charge in [0.15, 0.2) is 0 Å². The molecule has 2 heterocycles. The average Bonchev–Trinajstić information content (AvgIpc) is 2.79. The molecule has 8 nitrogen and oxygen atoms in total. The molecule has 0 bridgehead atoms. The van der Waals surface area contributed by atoms with Crippen LogP contribution in [0.15, 0.2) is 24.3 Å². The summed E-state index contributed by atoms with van der Waals surface area (Å²) >= 11 is 0. The van der Waals surface area contributed by atoms with Crippen LogP contribution in [0, 0.1) is 17.1 Å². The van der Waals surface area contributed by atoms with Crippen LogP contribution in [0.25, 0.3) is 11.3 Å². The molecular formula is C23H27FN6O2. The minimum atomic E-state index is -0.861. The molecule has 1 saturated heterocycles. The zero-order valence-electron chi connectivity index (χ0n) is 17.9. The van der Waals surface area contributed by atoms with Crippen molar-refractivity contribution in [2.24, 2.45) is 0 Å². The number of benzene rings is 1. The molecule has 2 fully saturated rings. The van der Waals surface area contributed by atoms with Gasteiger partial charge in [0.25, 0.3) is 0 Å². The normalized spacial score (nSPS) is 19.4. The molecule has 3 N–H and O–H groups in total. The van der Waals surface area contributed by atoms with Crippen LogP contribution in [-0.2, 0) is 0 Å². The maximum Gasteiger partial charge on any atom is 0.407 e. The second-order valence-electron chi connectivity index (χ2n) is 8.50. The number of amides is 1. The van der Waals surface area contributed by atoms with E-state index in [9.17, 15) is 14.3 Å². The van der Waals surface area contributed by atoms with Gasteiger partial charge in [-0.2, -0.15) is 10.2 Å². The van der Waals surface area contributed by atoms with E-state index >= 15 is 0 Å². The molecule has 1 saturated carbocycles. The number of nitrogen functional groups attached to an aromatic ring is 1. The number of aromatic nitrogens is 2. The molecule has 0 unspecified atom stereocenters. The van der Waals surface area contributed by atoms with Crippen molar-refractivity contribution < 1.29 is 14.3 Å². The van der Waals surface area contributed by atoms with Crippen LogP contribution >= 0.6 is 0 Å². The van der Waals surface area contributed by atoms with Crippen LogP contribution in [0.2, 0.25) is 0 Å². The zero-order chi connectivity index (χ0) is 22.7. The molecule has 9 heteroatoms. The summed E-state index contributed by atoms with van der Waals surface area (Å²) in [6, 6.07) is 7.80. The number of nitrogens with zero attached hydrogens (tertiary/aromatic N) is 5. The van der Waals surface area contributed by atoms with Crippen LogP contribution in [0.4, 0.5) is 21.0 Å². The summed E-state index contributed by atoms with van der Waals surface area (Å²) in [7, 11) is 0. The van der Waals surface area contributed by atoms with Gasteiger partial charge >= 0.3 is 6.09 Å². The molecule has 1 aromatic carbocycles. The molecule has 1 aliphatic carbocycles. The van der Waals surface area contributed by atoms with Gasteiger partial charge in [-0.15, -0.1) is 0 Å². The molecule has 0 radical (unpaired) electrons. The van der Waals surface area contributed by atoms with Crippen molar-refractivity contribution in [1.29, 1.82) is 5.26 Å². The minimum Gasteiger partial charge on any atom is -0.465 e. The van der Waals surface area contributed by atoms with Gasteiger partial charge in [-0.05, 0) is 37.8 Å². The van der Waals surface area contributed by atoms with E-state index in [1.807, 2.05) is 4.90 Å². The summed E-state index contributed by atoms with van der Waals surface area (Å²) in [5, 5.41) is 18.9. The standard InChI is InChI=1S/C23H27FN6O2/c24-19-11-15(8-9-16(19)13-25)20-12-21(28-22(26)27-20)29-10-4-7-18(14-29)30(23(31)32)17-5-2-1-3-6-17/h8-9,11-12,17-18H,1-7,10,14H2,(H,31,32)(H2,26,27,28)/t18-/m1/s1. The lowest BCUT2D eigenvalue weighted by atomic mass is 9.92. The Balaban J connectivity index is 1.58. The number of hydrogen-bond donors (Lipinski definition) is 2. The van der Waals surface area contributed by atoms with Crippen LogP contribution < -0.4 is 10.6 Å². The highest BCUT2D eigenvalue weighted by Gasteiger charge is 2.34. The SMILES string of the molecule is N#Cc1ccc(-c2cc(N3CCC[C@@H](N(C(=O)O)C4CCCCC4)C3)nc(N)n2)cc1F. The maximum absolute atomic E-state index is 14.1. The number of anilines is 2. The summed E-state index contributed by atoms with van der Waals surface area (Å²) < 4.78 is 14.1. The summed E-state index contributed by atoms with van der Waals surface area (Å²) in [5.74, 6) is 0.0362. The monoisotopic (exact) mass is 438 g/mol. The number of rotatable bonds is 4. The van der Waals surface area contributed by atoms with E-state index in [1.165, 1.54) is 18.6 Å². The van der Waals surface area contributed by atoms with Gasteiger partial charge in [0, 0.05) is 30.8 Å². The predicted octanol–water partition coefficient (Wildman–Crippen LogP) is 4.02. The van der Waals surface area contributed by atoms with E-state index in [4.69, 9.17) is 11.0 Å². The van der Waals surface area contributed by atoms with Crippen LogP contribution in [-0.4, -0.2) is 51.2 Å². The highest BCUT2D eigenvalue weighted by atomic mass is 19.1. The number of piperidine rings is 1. The number of carboxylic acid groups (broad SMARTS) is 1. The van der Waals surface area contributed by atoms with E-state index in [0.29, 0.717) is 23.6 Å². The highest BCUT2D eigenvalue weighted by Crippen LogP contribution is 2.30. The Hall–Kier alpha value is -3.41. The number of nitriles is 1. The number of hydrogen-bond acceptors (Lipinski definition) is 6. The predicted molar refractivity (Wildman–Crippen MR) is 119 cm³/mol. The third kappa shape index (κ3) is 4.59. The smallest absolute Gasteiger partial charge is 0.407 e. The van der Waals surface area contributed by atoms with Crippen LogP contribution in [0.1, 0.15) is 50.5 Å². The molecule has 1 atom stereocenters. The molecule has 1 amide bonds. The molecule has 1 aliphatic heterocycles. The fraction of sp³-hybridized carbons (Fsp3) is 0.478. The first kappa shape index (κ1) is 21.8. The Labute approximate surface area is 186 Å². The van der Waals surface area contributed by atoms with Gasteiger partial charge in [-0.3, -0.25) is 0 Å². The highest BCUT2D eigenvalue weighted by molar-refractivity contribution is 5.67. The lowest BCUT2D eigenvalue weighted by Crippen LogP contribution is -2.54. The van der Waals surface area contributed by atoms with Crippen molar-refractivity contribution in [2.45, 2.75) is 57.0 Å². The van der Waals surface area contributed by atoms with Gasteiger partial charge in [-0.1, -0.05) is 25.3 Å². The third-order valence-corrected chi connectivity index (χ3v) is 6.42. The Morgan fingerprint density at radius 3 is 2.59 bits per heavy atom. The number of nitrogens with two attached hydrogens (primary N) is 1. The molecular weight excluding hydrogens is 411 g/mol. The first-order chi connectivity index (χ1) is 15.5. The second kappa shape index (κ2) is 9.39. The first-order valence-corrected chi connectivity index (χ1v) is 11.1. The van der Waals surface area contributed by atoms with E-state index in [2.05, 4.69) is 9.97 Å². The Morgan fingerprint density at radius 1 is 1.16 bits per heavy atom. The number of carbonyl (C=O) groups is 1. The van der Waals surface area contributed by atoms with Crippen molar-refractivity contribution >= 4 is 17.9 Å². The summed E-state index contributed by atoms with van der Waals surface area (Å²) in [4.78, 5) is 24.4. The van der Waals surface area contributed by atoms with E-state index in [1.54, 1.807) is 23.1 Å². The molecule has 2 aliphatic rings. The van der Waals surface area contributed by atoms with E-state index in [-0.39, 0.29) is 23.6 Å². The molecule has 2 aromatic rings. The summed E-state index contributed by atoms with van der Waals surface area (Å²) in [6.45, 7) is 1.26. The van der Waals surface area contributed by atoms with Gasteiger partial charge in [0.2, 0.25) is 5.95 Å². The fourth-order valence-corrected chi connectivity index (χ4v) is 4.89. The molecule has 0 spiro atoms. The molecule has 32 heavy (non-hydrogen) atoms. The summed E-state index contributed by atoms with van der Waals surface area (Å²) in [6.07, 6.45) is 5.92. The van der Waals surface area contributed by atoms with Crippen molar-refractivity contribution in [3.63, 3.8) is 0 Å². The van der Waals surface area contributed by atoms with Crippen molar-refractivity contribution in [1.82, 2.24) is 14.9 Å². The Kier molecular flexibility index (Phi) is 6.40. The van der Waals surface area contributed by atoms with Crippen LogP contribution in [0.5, 0.6) is 0 Å². The zero-order valence-corrected chi connectivity index (χ0v) is 17.9. The van der Waals surface area contributed by atoms with Gasteiger partial charge in [0.1, 0.15) is 17.7 Å². The maximum atomic E-state index is 14.1. The quantitative estimate of drug-likeness (QED) is 0.740. The molecule has 1 aromatic heterocycles. The van der Waals surface area contributed by atoms with Gasteiger partial charge < -0.3 is 20.6 Å². The van der Waals surface area contributed by atoms with Crippen molar-refractivity contribution in [3.8, 4) is 17.3 Å². The third-order valence-electron chi connectivity index (χ3n) is 6.42. The lowest BCUT2D eigenvalue weighted by Gasteiger charge is -2.43. The van der Waals surface area contributed by atoms with Gasteiger partial charge in [-0.25, -0.2) is 14.2 Å².